The van der Waals surface area contributed by atoms with Crippen molar-refractivity contribution in [3.8, 4) is 0 Å². The van der Waals surface area contributed by atoms with Crippen LogP contribution in [0.2, 0.25) is 0 Å². The van der Waals surface area contributed by atoms with E-state index in [0.717, 1.165) is 5.76 Å². The first-order valence-corrected chi connectivity index (χ1v) is 9.92. The molecular weight excluding hydrogens is 407 g/mol. The number of carbonyl (C=O) groups is 3. The Bertz CT molecular complexity index is 846. The third kappa shape index (κ3) is 7.82. The van der Waals surface area contributed by atoms with E-state index in [0.29, 0.717) is 38.9 Å². The lowest BCUT2D eigenvalue weighted by atomic mass is 10.0. The first-order chi connectivity index (χ1) is 14.9. The van der Waals surface area contributed by atoms with Gasteiger partial charge >= 0.3 is 0 Å². The standard InChI is InChI=1S/C20H25FN4O3.CH2O2/c1-25-12-14(19(26)23-10-8-16-4-3-11-28-16)6-7-15(13-25)24-20(27)18-17(21)5-2-9-22-18;2-1-3/h2-5,9,11,14-15H,6-8,10,12-13H2,1H3,(H,23,26)(H,24,27);1H,(H,2,3)/t14-,15+;/m1./s1. The molecule has 0 saturated carbocycles. The van der Waals surface area contributed by atoms with Gasteiger partial charge in [-0.25, -0.2) is 9.37 Å². The van der Waals surface area contributed by atoms with Crippen LogP contribution in [0.4, 0.5) is 4.39 Å². The highest BCUT2D eigenvalue weighted by molar-refractivity contribution is 5.92. The van der Waals surface area contributed by atoms with Crippen LogP contribution in [0.15, 0.2) is 41.1 Å². The largest absolute Gasteiger partial charge is 0.483 e. The van der Waals surface area contributed by atoms with Crippen LogP contribution >= 0.6 is 0 Å². The fourth-order valence-electron chi connectivity index (χ4n) is 3.46. The quantitative estimate of drug-likeness (QED) is 0.586. The van der Waals surface area contributed by atoms with E-state index in [1.165, 1.54) is 18.3 Å². The van der Waals surface area contributed by atoms with Crippen molar-refractivity contribution < 1.29 is 28.3 Å². The van der Waals surface area contributed by atoms with E-state index < -0.39 is 11.7 Å². The zero-order valence-electron chi connectivity index (χ0n) is 17.3. The molecule has 1 aliphatic rings. The summed E-state index contributed by atoms with van der Waals surface area (Å²) in [6, 6.07) is 6.19. The molecule has 0 radical (unpaired) electrons. The number of carbonyl (C=O) groups excluding carboxylic acids is 2. The summed E-state index contributed by atoms with van der Waals surface area (Å²) < 4.78 is 19.0. The van der Waals surface area contributed by atoms with E-state index >= 15 is 0 Å². The molecule has 2 aromatic rings. The smallest absolute Gasteiger partial charge is 0.290 e. The molecule has 31 heavy (non-hydrogen) atoms. The van der Waals surface area contributed by atoms with Crippen molar-refractivity contribution in [1.29, 1.82) is 0 Å². The van der Waals surface area contributed by atoms with Gasteiger partial charge in [0.2, 0.25) is 5.91 Å². The molecule has 1 aliphatic heterocycles. The molecule has 2 atom stereocenters. The van der Waals surface area contributed by atoms with Gasteiger partial charge < -0.3 is 25.1 Å². The molecule has 168 valence electrons. The Morgan fingerprint density at radius 3 is 2.77 bits per heavy atom. The number of furan rings is 1. The summed E-state index contributed by atoms with van der Waals surface area (Å²) >= 11 is 0. The molecule has 0 bridgehead atoms. The predicted octanol–water partition coefficient (Wildman–Crippen LogP) is 1.31. The van der Waals surface area contributed by atoms with Crippen molar-refractivity contribution in [3.63, 3.8) is 0 Å². The lowest BCUT2D eigenvalue weighted by Crippen LogP contribution is -2.42. The minimum absolute atomic E-state index is 0.00107. The minimum Gasteiger partial charge on any atom is -0.483 e. The summed E-state index contributed by atoms with van der Waals surface area (Å²) in [6.45, 7) is 1.47. The second-order valence-electron chi connectivity index (χ2n) is 7.23. The van der Waals surface area contributed by atoms with Crippen LogP contribution in [0.5, 0.6) is 0 Å². The monoisotopic (exact) mass is 434 g/mol. The molecule has 3 N–H and O–H groups in total. The highest BCUT2D eigenvalue weighted by Gasteiger charge is 2.28. The van der Waals surface area contributed by atoms with E-state index in [1.54, 1.807) is 6.26 Å². The topological polar surface area (TPSA) is 125 Å². The highest BCUT2D eigenvalue weighted by atomic mass is 19.1. The molecule has 1 saturated heterocycles. The third-order valence-electron chi connectivity index (χ3n) is 4.86. The number of halogens is 1. The average Bonchev–Trinajstić information content (AvgIpc) is 3.18. The average molecular weight is 434 g/mol. The first kappa shape index (κ1) is 24.0. The van der Waals surface area contributed by atoms with Gasteiger partial charge in [-0.05, 0) is 44.2 Å². The lowest BCUT2D eigenvalue weighted by molar-refractivity contribution is -0.125. The number of amides is 2. The summed E-state index contributed by atoms with van der Waals surface area (Å²) in [5, 5.41) is 12.7. The van der Waals surface area contributed by atoms with Gasteiger partial charge in [0.05, 0.1) is 12.2 Å². The number of pyridine rings is 1. The van der Waals surface area contributed by atoms with Crippen LogP contribution in [0.1, 0.15) is 29.1 Å². The van der Waals surface area contributed by atoms with Gasteiger partial charge in [-0.2, -0.15) is 0 Å². The zero-order chi connectivity index (χ0) is 22.6. The van der Waals surface area contributed by atoms with Crippen LogP contribution in [0, 0.1) is 11.7 Å². The van der Waals surface area contributed by atoms with Crippen LogP contribution in [-0.4, -0.2) is 66.0 Å². The number of likely N-dealkylation sites (tertiary alicyclic amines) is 1. The van der Waals surface area contributed by atoms with E-state index in [1.807, 2.05) is 24.1 Å². The number of aromatic nitrogens is 1. The Hall–Kier alpha value is -3.27. The van der Waals surface area contributed by atoms with E-state index in [2.05, 4.69) is 15.6 Å². The van der Waals surface area contributed by atoms with E-state index in [-0.39, 0.29) is 30.0 Å². The molecule has 0 aliphatic carbocycles. The third-order valence-corrected chi connectivity index (χ3v) is 4.86. The van der Waals surface area contributed by atoms with Gasteiger partial charge in [0.25, 0.3) is 12.4 Å². The SMILES string of the molecule is CN1C[C@@H](NC(=O)c2ncccc2F)CC[C@@H](C(=O)NCCc2ccco2)C1.O=CO. The van der Waals surface area contributed by atoms with Crippen molar-refractivity contribution in [1.82, 2.24) is 20.5 Å². The van der Waals surface area contributed by atoms with Crippen LogP contribution in [0.25, 0.3) is 0 Å². The maximum atomic E-state index is 13.7. The molecule has 3 heterocycles. The molecule has 2 aromatic heterocycles. The first-order valence-electron chi connectivity index (χ1n) is 9.92. The Morgan fingerprint density at radius 1 is 1.32 bits per heavy atom. The summed E-state index contributed by atoms with van der Waals surface area (Å²) in [6.07, 6.45) is 4.94. The number of hydrogen-bond acceptors (Lipinski definition) is 6. The normalized spacial score (nSPS) is 18.8. The fraction of sp³-hybridized carbons (Fsp3) is 0.429. The van der Waals surface area contributed by atoms with Crippen molar-refractivity contribution in [2.45, 2.75) is 25.3 Å². The van der Waals surface area contributed by atoms with Gasteiger partial charge in [-0.15, -0.1) is 0 Å². The van der Waals surface area contributed by atoms with Gasteiger partial charge in [-0.3, -0.25) is 14.4 Å². The Kier molecular flexibility index (Phi) is 9.63. The molecule has 0 spiro atoms. The number of nitrogens with zero attached hydrogens (tertiary/aromatic N) is 2. The van der Waals surface area contributed by atoms with Gasteiger partial charge in [0, 0.05) is 38.3 Å². The number of nitrogens with one attached hydrogen (secondary N) is 2. The maximum Gasteiger partial charge on any atom is 0.290 e. The molecule has 10 heteroatoms. The number of carboxylic acid groups (broad SMARTS) is 1. The molecule has 3 rings (SSSR count). The van der Waals surface area contributed by atoms with E-state index in [4.69, 9.17) is 14.3 Å². The van der Waals surface area contributed by atoms with Crippen molar-refractivity contribution in [2.24, 2.45) is 5.92 Å². The van der Waals surface area contributed by atoms with Gasteiger partial charge in [0.1, 0.15) is 5.76 Å². The Morgan fingerprint density at radius 2 is 2.10 bits per heavy atom. The number of rotatable bonds is 6. The van der Waals surface area contributed by atoms with Crippen molar-refractivity contribution in [2.75, 3.05) is 26.7 Å². The van der Waals surface area contributed by atoms with Crippen LogP contribution in [0.3, 0.4) is 0 Å². The number of likely N-dealkylation sites (N-methyl/N-ethyl adjacent to an activating group) is 1. The van der Waals surface area contributed by atoms with Crippen molar-refractivity contribution in [3.05, 3.63) is 54.0 Å². The molecular formula is C21H27FN4O5. The van der Waals surface area contributed by atoms with Crippen LogP contribution in [-0.2, 0) is 16.0 Å². The molecule has 1 fully saturated rings. The molecule has 0 aromatic carbocycles. The zero-order valence-corrected chi connectivity index (χ0v) is 17.3. The molecule has 0 unspecified atom stereocenters. The lowest BCUT2D eigenvalue weighted by Gasteiger charge is -2.21. The van der Waals surface area contributed by atoms with Crippen LogP contribution < -0.4 is 10.6 Å². The van der Waals surface area contributed by atoms with Gasteiger partial charge in [-0.1, -0.05) is 0 Å². The Labute approximate surface area is 179 Å². The highest BCUT2D eigenvalue weighted by Crippen LogP contribution is 2.17. The summed E-state index contributed by atoms with van der Waals surface area (Å²) in [5.74, 6) is -0.493. The second-order valence-corrected chi connectivity index (χ2v) is 7.23. The summed E-state index contributed by atoms with van der Waals surface area (Å²) in [5.41, 5.74) is -0.207. The Balaban J connectivity index is 0.00000107. The maximum absolute atomic E-state index is 13.7. The fourth-order valence-corrected chi connectivity index (χ4v) is 3.46. The van der Waals surface area contributed by atoms with E-state index in [9.17, 15) is 14.0 Å². The molecule has 9 nitrogen and oxygen atoms in total. The predicted molar refractivity (Wildman–Crippen MR) is 110 cm³/mol. The summed E-state index contributed by atoms with van der Waals surface area (Å²) in [4.78, 5) is 39.0. The van der Waals surface area contributed by atoms with Gasteiger partial charge in [0.15, 0.2) is 11.5 Å². The molecule has 2 amide bonds. The van der Waals surface area contributed by atoms with Crippen molar-refractivity contribution >= 4 is 18.3 Å². The second kappa shape index (κ2) is 12.4. The summed E-state index contributed by atoms with van der Waals surface area (Å²) in [7, 11) is 1.91. The minimum atomic E-state index is -0.643. The number of hydrogen-bond donors (Lipinski definition) is 3.